The molecule has 0 radical (unpaired) electrons. The number of hydrogen-bond acceptors (Lipinski definition) is 4. The number of nitrogens with one attached hydrogen (secondary N) is 1. The maximum absolute atomic E-state index is 14.0. The highest BCUT2D eigenvalue weighted by Crippen LogP contribution is 2.58. The van der Waals surface area contributed by atoms with Crippen molar-refractivity contribution in [2.45, 2.75) is 82.1 Å². The van der Waals surface area contributed by atoms with E-state index in [-0.39, 0.29) is 17.9 Å². The van der Waals surface area contributed by atoms with Gasteiger partial charge in [-0.25, -0.2) is 0 Å². The summed E-state index contributed by atoms with van der Waals surface area (Å²) in [5, 5.41) is 3.49. The third-order valence-corrected chi connectivity index (χ3v) is 9.60. The summed E-state index contributed by atoms with van der Waals surface area (Å²) in [7, 11) is 0. The molecular weight excluding hydrogens is 429 g/mol. The van der Waals surface area contributed by atoms with Crippen LogP contribution in [-0.2, 0) is 23.9 Å². The van der Waals surface area contributed by atoms with Crippen LogP contribution in [0.25, 0.3) is 0 Å². The summed E-state index contributed by atoms with van der Waals surface area (Å²) >= 11 is 0. The number of carbonyl (C=O) groups is 1. The van der Waals surface area contributed by atoms with E-state index in [0.717, 1.165) is 57.9 Å². The zero-order valence-electron chi connectivity index (χ0n) is 19.1. The lowest BCUT2D eigenvalue weighted by Crippen LogP contribution is -2.66. The Morgan fingerprint density at radius 3 is 2.70 bits per heavy atom. The maximum Gasteiger partial charge on any atom is 0.417 e. The van der Waals surface area contributed by atoms with Crippen LogP contribution in [0.3, 0.4) is 0 Å². The van der Waals surface area contributed by atoms with Gasteiger partial charge in [0.25, 0.3) is 0 Å². The number of alkyl halides is 3. The van der Waals surface area contributed by atoms with E-state index in [0.29, 0.717) is 41.7 Å². The van der Waals surface area contributed by atoms with Crippen LogP contribution in [0.2, 0.25) is 0 Å². The van der Waals surface area contributed by atoms with E-state index in [9.17, 15) is 18.0 Å². The SMILES string of the molecule is O=C(N1CCc2ncc(C(F)(F)F)cc2C1)C12CCCC1C[C@H](N1CCC13CCNCC3)C2. The number of piperidine rings is 1. The molecule has 1 spiro atoms. The molecule has 3 aliphatic heterocycles. The summed E-state index contributed by atoms with van der Waals surface area (Å²) in [5.74, 6) is 0.603. The van der Waals surface area contributed by atoms with Gasteiger partial charge in [0.2, 0.25) is 5.91 Å². The lowest BCUT2D eigenvalue weighted by Gasteiger charge is -2.58. The molecule has 5 aliphatic rings. The number of fused-ring (bicyclic) bond motifs is 2. The van der Waals surface area contributed by atoms with E-state index >= 15 is 0 Å². The summed E-state index contributed by atoms with van der Waals surface area (Å²) < 4.78 is 39.6. The molecule has 0 bridgehead atoms. The average Bonchev–Trinajstić information content (AvgIpc) is 3.35. The third-order valence-electron chi connectivity index (χ3n) is 9.60. The Morgan fingerprint density at radius 1 is 1.15 bits per heavy atom. The average molecular weight is 463 g/mol. The first kappa shape index (κ1) is 21.8. The van der Waals surface area contributed by atoms with Crippen molar-refractivity contribution >= 4 is 5.91 Å². The van der Waals surface area contributed by atoms with Crippen LogP contribution in [0.5, 0.6) is 0 Å². The number of hydrogen-bond donors (Lipinski definition) is 1. The number of pyridine rings is 1. The van der Waals surface area contributed by atoms with Crippen molar-refractivity contribution in [3.63, 3.8) is 0 Å². The van der Waals surface area contributed by atoms with Crippen LogP contribution in [-0.4, -0.2) is 58.5 Å². The second kappa shape index (κ2) is 7.67. The number of likely N-dealkylation sites (tertiary alicyclic amines) is 1. The van der Waals surface area contributed by atoms with Gasteiger partial charge in [0.05, 0.1) is 11.0 Å². The molecule has 1 amide bonds. The molecule has 4 heterocycles. The van der Waals surface area contributed by atoms with Gasteiger partial charge in [0.15, 0.2) is 0 Å². The molecule has 5 nitrogen and oxygen atoms in total. The summed E-state index contributed by atoms with van der Waals surface area (Å²) in [6.45, 7) is 4.12. The van der Waals surface area contributed by atoms with Gasteiger partial charge in [0.1, 0.15) is 0 Å². The molecule has 2 unspecified atom stereocenters. The van der Waals surface area contributed by atoms with Gasteiger partial charge >= 0.3 is 6.18 Å². The Morgan fingerprint density at radius 2 is 1.97 bits per heavy atom. The van der Waals surface area contributed by atoms with Crippen LogP contribution >= 0.6 is 0 Å². The normalized spacial score (nSPS) is 33.6. The highest BCUT2D eigenvalue weighted by atomic mass is 19.4. The zero-order valence-corrected chi connectivity index (χ0v) is 19.1. The molecule has 8 heteroatoms. The summed E-state index contributed by atoms with van der Waals surface area (Å²) in [4.78, 5) is 22.6. The number of rotatable bonds is 2. The van der Waals surface area contributed by atoms with Crippen molar-refractivity contribution < 1.29 is 18.0 Å². The quantitative estimate of drug-likeness (QED) is 0.727. The summed E-state index contributed by atoms with van der Waals surface area (Å²) in [6, 6.07) is 1.67. The van der Waals surface area contributed by atoms with Crippen LogP contribution in [0.15, 0.2) is 12.3 Å². The molecule has 1 N–H and O–H groups in total. The minimum absolute atomic E-state index is 0.190. The first-order valence-electron chi connectivity index (χ1n) is 12.6. The fraction of sp³-hybridized carbons (Fsp3) is 0.760. The Balaban J connectivity index is 1.21. The van der Waals surface area contributed by atoms with E-state index < -0.39 is 11.7 Å². The predicted octanol–water partition coefficient (Wildman–Crippen LogP) is 3.76. The highest BCUT2D eigenvalue weighted by molar-refractivity contribution is 5.84. The minimum Gasteiger partial charge on any atom is -0.337 e. The lowest BCUT2D eigenvalue weighted by molar-refractivity contribution is -0.145. The number of halogens is 3. The fourth-order valence-electron chi connectivity index (χ4n) is 7.82. The Hall–Kier alpha value is -1.67. The van der Waals surface area contributed by atoms with Gasteiger partial charge in [0, 0.05) is 49.5 Å². The summed E-state index contributed by atoms with van der Waals surface area (Å²) in [6.07, 6.45) is 5.87. The molecule has 2 saturated heterocycles. The minimum atomic E-state index is -4.41. The van der Waals surface area contributed by atoms with Crippen LogP contribution in [0.1, 0.15) is 68.2 Å². The highest BCUT2D eigenvalue weighted by Gasteiger charge is 2.60. The van der Waals surface area contributed by atoms with Gasteiger partial charge in [-0.3, -0.25) is 14.7 Å². The molecule has 33 heavy (non-hydrogen) atoms. The van der Waals surface area contributed by atoms with Crippen molar-refractivity contribution in [3.8, 4) is 0 Å². The molecule has 1 aromatic rings. The van der Waals surface area contributed by atoms with Gasteiger partial charge in [-0.05, 0) is 75.6 Å². The number of carbonyl (C=O) groups excluding carboxylic acids is 1. The molecule has 180 valence electrons. The van der Waals surface area contributed by atoms with Crippen molar-refractivity contribution in [2.75, 3.05) is 26.2 Å². The Labute approximate surface area is 193 Å². The number of amides is 1. The third kappa shape index (κ3) is 3.42. The number of nitrogens with zero attached hydrogens (tertiary/aromatic N) is 3. The van der Waals surface area contributed by atoms with Crippen LogP contribution in [0.4, 0.5) is 13.2 Å². The second-order valence-corrected chi connectivity index (χ2v) is 11.1. The van der Waals surface area contributed by atoms with E-state index in [4.69, 9.17) is 0 Å². The second-order valence-electron chi connectivity index (χ2n) is 11.1. The predicted molar refractivity (Wildman–Crippen MR) is 117 cm³/mol. The monoisotopic (exact) mass is 462 g/mol. The van der Waals surface area contributed by atoms with E-state index in [1.165, 1.54) is 25.3 Å². The zero-order chi connectivity index (χ0) is 22.8. The lowest BCUT2D eigenvalue weighted by atomic mass is 9.74. The van der Waals surface area contributed by atoms with Crippen molar-refractivity contribution in [1.29, 1.82) is 0 Å². The first-order valence-corrected chi connectivity index (χ1v) is 12.6. The Kier molecular flexibility index (Phi) is 5.07. The van der Waals surface area contributed by atoms with Gasteiger partial charge in [-0.1, -0.05) is 6.42 Å². The van der Waals surface area contributed by atoms with Crippen molar-refractivity contribution in [2.24, 2.45) is 11.3 Å². The molecule has 6 rings (SSSR count). The molecular formula is C25H33F3N4O. The van der Waals surface area contributed by atoms with Gasteiger partial charge in [-0.2, -0.15) is 13.2 Å². The molecule has 4 fully saturated rings. The first-order chi connectivity index (χ1) is 15.8. The number of aromatic nitrogens is 1. The van der Waals surface area contributed by atoms with Crippen molar-refractivity contribution in [3.05, 3.63) is 29.1 Å². The fourth-order valence-corrected chi connectivity index (χ4v) is 7.82. The molecule has 0 aromatic carbocycles. The van der Waals surface area contributed by atoms with Gasteiger partial charge in [-0.15, -0.1) is 0 Å². The molecule has 2 saturated carbocycles. The van der Waals surface area contributed by atoms with E-state index in [1.807, 2.05) is 4.90 Å². The maximum atomic E-state index is 14.0. The summed E-state index contributed by atoms with van der Waals surface area (Å²) in [5.41, 5.74) is 0.550. The van der Waals surface area contributed by atoms with E-state index in [1.54, 1.807) is 0 Å². The molecule has 1 aromatic heterocycles. The smallest absolute Gasteiger partial charge is 0.337 e. The van der Waals surface area contributed by atoms with Crippen molar-refractivity contribution in [1.82, 2.24) is 20.1 Å². The van der Waals surface area contributed by atoms with E-state index in [2.05, 4.69) is 15.2 Å². The molecule has 3 atom stereocenters. The van der Waals surface area contributed by atoms with Crippen LogP contribution in [0, 0.1) is 11.3 Å². The Bertz CT molecular complexity index is 944. The molecule has 2 aliphatic carbocycles. The standard InChI is InChI=1S/C25H33F3N4O/c26-25(27,28)19-12-17-16-31(10-3-21(17)30-15-19)22(33)24-4-1-2-18(24)13-20(14-24)32-11-7-23(32)5-8-29-9-6-23/h12,15,18,20,29H,1-11,13-14,16H2/t18?,20-,24?/m0/s1. The van der Waals surface area contributed by atoms with Gasteiger partial charge < -0.3 is 10.2 Å². The largest absolute Gasteiger partial charge is 0.417 e. The topological polar surface area (TPSA) is 48.5 Å². The van der Waals surface area contributed by atoms with Crippen LogP contribution < -0.4 is 5.32 Å².